The van der Waals surface area contributed by atoms with Crippen molar-refractivity contribution in [2.75, 3.05) is 0 Å². The molecule has 2 bridgehead atoms. The number of ether oxygens (including phenoxy) is 1. The first-order valence-corrected chi connectivity index (χ1v) is 15.1. The first-order valence-electron chi connectivity index (χ1n) is 13.5. The summed E-state index contributed by atoms with van der Waals surface area (Å²) in [5.41, 5.74) is 1.45. The second-order valence-electron chi connectivity index (χ2n) is 11.4. The highest BCUT2D eigenvalue weighted by atomic mass is 35.5. The first kappa shape index (κ1) is 26.4. The van der Waals surface area contributed by atoms with E-state index in [1.54, 1.807) is 24.3 Å². The Morgan fingerprint density at radius 3 is 2.70 bits per heavy atom. The molecule has 0 saturated heterocycles. The third-order valence-corrected chi connectivity index (χ3v) is 10.7. The molecule has 2 unspecified atom stereocenters. The number of halogens is 3. The van der Waals surface area contributed by atoms with Crippen LogP contribution < -0.4 is 0 Å². The minimum absolute atomic E-state index is 0.0758. The van der Waals surface area contributed by atoms with Crippen LogP contribution in [0.4, 0.5) is 4.39 Å². The molecular weight excluding hydrogens is 572 g/mol. The van der Waals surface area contributed by atoms with Crippen LogP contribution in [0.1, 0.15) is 66.8 Å². The molecule has 0 spiro atoms. The second kappa shape index (κ2) is 9.78. The van der Waals surface area contributed by atoms with Gasteiger partial charge in [-0.15, -0.1) is 11.3 Å². The number of aliphatic hydroxyl groups is 1. The number of thiazole rings is 1. The monoisotopic (exact) mass is 597 g/mol. The fourth-order valence-corrected chi connectivity index (χ4v) is 8.69. The van der Waals surface area contributed by atoms with Gasteiger partial charge in [0, 0.05) is 17.0 Å². The van der Waals surface area contributed by atoms with Crippen molar-refractivity contribution in [1.82, 2.24) is 10.1 Å². The van der Waals surface area contributed by atoms with E-state index in [1.165, 1.54) is 17.4 Å². The number of fused-ring (bicyclic) bond motifs is 3. The van der Waals surface area contributed by atoms with E-state index >= 15 is 0 Å². The molecule has 206 valence electrons. The normalized spacial score (nSPS) is 27.8. The number of hydrogen-bond donors (Lipinski definition) is 1. The lowest BCUT2D eigenvalue weighted by molar-refractivity contribution is -0.120. The summed E-state index contributed by atoms with van der Waals surface area (Å²) >= 11 is 14.3. The number of hydrogen-bond acceptors (Lipinski definition) is 7. The van der Waals surface area contributed by atoms with E-state index in [4.69, 9.17) is 32.5 Å². The van der Waals surface area contributed by atoms with E-state index < -0.39 is 11.4 Å². The van der Waals surface area contributed by atoms with Crippen LogP contribution in [0.15, 0.2) is 34.9 Å². The van der Waals surface area contributed by atoms with Gasteiger partial charge in [-0.1, -0.05) is 41.3 Å². The van der Waals surface area contributed by atoms with Crippen LogP contribution in [-0.4, -0.2) is 21.4 Å². The SMILES string of the molecule is CC1C[C@@H]2C[C@@H](OCc3c(-c4c(Cl)cccc4Cl)noc3C3CC3)CC1[C@]2(O)c1nc2c(F)cc(C#N)cc2s1. The van der Waals surface area contributed by atoms with Gasteiger partial charge in [0.05, 0.1) is 39.1 Å². The standard InChI is InChI=1S/C30H26Cl2FN3O3S/c1-14-7-17-10-18(11-20(14)30(17,37)29-35-27-23(33)8-15(12-34)9-24(27)40-29)38-13-19-26(36-39-28(19)16-5-6-16)25-21(31)3-2-4-22(25)32/h2-4,8-9,14,16-18,20,37H,5-7,10-11,13H2,1H3/t14?,17-,18-,20?,30+/m1/s1. The lowest BCUT2D eigenvalue weighted by Gasteiger charge is -2.41. The molecule has 2 heterocycles. The highest BCUT2D eigenvalue weighted by molar-refractivity contribution is 7.18. The summed E-state index contributed by atoms with van der Waals surface area (Å²) < 4.78 is 27.6. The van der Waals surface area contributed by atoms with Gasteiger partial charge in [0.15, 0.2) is 5.82 Å². The molecule has 5 atom stereocenters. The largest absolute Gasteiger partial charge is 0.382 e. The van der Waals surface area contributed by atoms with Crippen LogP contribution >= 0.6 is 34.5 Å². The molecule has 4 aromatic rings. The Morgan fingerprint density at radius 2 is 2.00 bits per heavy atom. The Kier molecular flexibility index (Phi) is 6.45. The van der Waals surface area contributed by atoms with Gasteiger partial charge in [0.1, 0.15) is 27.6 Å². The van der Waals surface area contributed by atoms with Gasteiger partial charge in [-0.25, -0.2) is 9.37 Å². The number of nitriles is 1. The molecule has 0 radical (unpaired) electrons. The van der Waals surface area contributed by atoms with Gasteiger partial charge in [0.25, 0.3) is 0 Å². The van der Waals surface area contributed by atoms with Crippen LogP contribution in [-0.2, 0) is 16.9 Å². The molecule has 3 fully saturated rings. The molecule has 6 nitrogen and oxygen atoms in total. The summed E-state index contributed by atoms with van der Waals surface area (Å²) in [4.78, 5) is 4.57. The third kappa shape index (κ3) is 4.17. The fourth-order valence-electron chi connectivity index (χ4n) is 6.86. The maximum atomic E-state index is 14.7. The van der Waals surface area contributed by atoms with Crippen molar-refractivity contribution in [3.63, 3.8) is 0 Å². The van der Waals surface area contributed by atoms with Crippen molar-refractivity contribution >= 4 is 44.8 Å². The molecule has 7 rings (SSSR count). The van der Waals surface area contributed by atoms with E-state index in [9.17, 15) is 14.8 Å². The zero-order valence-electron chi connectivity index (χ0n) is 21.7. The highest BCUT2D eigenvalue weighted by Crippen LogP contribution is 2.59. The maximum Gasteiger partial charge on any atom is 0.151 e. The fraction of sp³-hybridized carbons (Fsp3) is 0.433. The third-order valence-electron chi connectivity index (χ3n) is 8.94. The summed E-state index contributed by atoms with van der Waals surface area (Å²) in [6.45, 7) is 2.47. The van der Waals surface area contributed by atoms with E-state index in [0.29, 0.717) is 56.4 Å². The van der Waals surface area contributed by atoms with Gasteiger partial charge < -0.3 is 14.4 Å². The van der Waals surface area contributed by atoms with E-state index in [2.05, 4.69) is 17.1 Å². The van der Waals surface area contributed by atoms with Crippen LogP contribution in [0.2, 0.25) is 10.0 Å². The van der Waals surface area contributed by atoms with Gasteiger partial charge in [0.2, 0.25) is 0 Å². The van der Waals surface area contributed by atoms with Gasteiger partial charge in [-0.2, -0.15) is 5.26 Å². The summed E-state index contributed by atoms with van der Waals surface area (Å²) in [7, 11) is 0. The van der Waals surface area contributed by atoms with Gasteiger partial charge in [-0.05, 0) is 74.1 Å². The first-order chi connectivity index (χ1) is 19.3. The molecule has 1 N–H and O–H groups in total. The zero-order valence-corrected chi connectivity index (χ0v) is 24.0. The average Bonchev–Trinajstić information content (AvgIpc) is 3.51. The summed E-state index contributed by atoms with van der Waals surface area (Å²) in [5.74, 6) is 0.724. The molecular formula is C30H26Cl2FN3O3S. The Morgan fingerprint density at radius 1 is 1.23 bits per heavy atom. The van der Waals surface area contributed by atoms with E-state index in [0.717, 1.165) is 30.6 Å². The highest BCUT2D eigenvalue weighted by Gasteiger charge is 2.59. The van der Waals surface area contributed by atoms with Gasteiger partial charge >= 0.3 is 0 Å². The average molecular weight is 599 g/mol. The van der Waals surface area contributed by atoms with Gasteiger partial charge in [-0.3, -0.25) is 0 Å². The molecule has 10 heteroatoms. The van der Waals surface area contributed by atoms with Crippen molar-refractivity contribution < 1.29 is 18.8 Å². The lowest BCUT2D eigenvalue weighted by Crippen LogP contribution is -2.45. The molecule has 0 aliphatic heterocycles. The molecule has 3 saturated carbocycles. The maximum absolute atomic E-state index is 14.7. The molecule has 2 aromatic heterocycles. The molecule has 2 aromatic carbocycles. The quantitative estimate of drug-likeness (QED) is 0.242. The number of aromatic nitrogens is 2. The topological polar surface area (TPSA) is 92.2 Å². The summed E-state index contributed by atoms with van der Waals surface area (Å²) in [6, 6.07) is 10.2. The molecule has 3 aliphatic carbocycles. The summed E-state index contributed by atoms with van der Waals surface area (Å²) in [6.07, 6.45) is 4.17. The zero-order chi connectivity index (χ0) is 27.8. The van der Waals surface area contributed by atoms with Crippen molar-refractivity contribution in [2.45, 2.75) is 63.3 Å². The van der Waals surface area contributed by atoms with Crippen molar-refractivity contribution in [2.24, 2.45) is 17.8 Å². The number of benzene rings is 2. The second-order valence-corrected chi connectivity index (χ2v) is 13.3. The summed E-state index contributed by atoms with van der Waals surface area (Å²) in [5, 5.41) is 27.3. The smallest absolute Gasteiger partial charge is 0.151 e. The predicted octanol–water partition coefficient (Wildman–Crippen LogP) is 7.99. The number of nitrogens with zero attached hydrogens (tertiary/aromatic N) is 3. The van der Waals surface area contributed by atoms with Crippen LogP contribution in [0.3, 0.4) is 0 Å². The van der Waals surface area contributed by atoms with Crippen molar-refractivity contribution in [3.05, 3.63) is 68.1 Å². The molecule has 0 amide bonds. The van der Waals surface area contributed by atoms with Crippen molar-refractivity contribution in [3.8, 4) is 17.3 Å². The van der Waals surface area contributed by atoms with Crippen LogP contribution in [0, 0.1) is 34.9 Å². The lowest BCUT2D eigenvalue weighted by atomic mass is 9.72. The van der Waals surface area contributed by atoms with E-state index in [1.807, 2.05) is 6.07 Å². The van der Waals surface area contributed by atoms with Crippen molar-refractivity contribution in [1.29, 1.82) is 5.26 Å². The minimum Gasteiger partial charge on any atom is -0.382 e. The Bertz CT molecular complexity index is 1660. The molecule has 3 aliphatic rings. The Balaban J connectivity index is 1.16. The van der Waals surface area contributed by atoms with Crippen LogP contribution in [0.5, 0.6) is 0 Å². The van der Waals surface area contributed by atoms with Crippen LogP contribution in [0.25, 0.3) is 21.5 Å². The Hall–Kier alpha value is -2.54. The Labute approximate surface area is 244 Å². The molecule has 40 heavy (non-hydrogen) atoms. The minimum atomic E-state index is -1.16. The number of rotatable bonds is 6. The van der Waals surface area contributed by atoms with E-state index in [-0.39, 0.29) is 34.9 Å². The predicted molar refractivity (Wildman–Crippen MR) is 151 cm³/mol.